The average molecular weight is 261 g/mol. The van der Waals surface area contributed by atoms with Crippen LogP contribution < -0.4 is 0 Å². The summed E-state index contributed by atoms with van der Waals surface area (Å²) in [5.74, 6) is -2.63. The van der Waals surface area contributed by atoms with E-state index in [1.807, 2.05) is 0 Å². The van der Waals surface area contributed by atoms with Gasteiger partial charge in [-0.2, -0.15) is 0 Å². The number of carbonyl (C=O) groups is 3. The third kappa shape index (κ3) is 2.42. The van der Waals surface area contributed by atoms with Crippen LogP contribution in [-0.4, -0.2) is 71.3 Å². The fourth-order valence-electron chi connectivity index (χ4n) is 1.52. The number of hydrogen-bond acceptors (Lipinski definition) is 8. The number of morpholine rings is 1. The third-order valence-corrected chi connectivity index (χ3v) is 2.51. The minimum Gasteiger partial charge on any atom is -0.432 e. The second-order valence-corrected chi connectivity index (χ2v) is 3.76. The van der Waals surface area contributed by atoms with Crippen LogP contribution in [0.3, 0.4) is 0 Å². The summed E-state index contributed by atoms with van der Waals surface area (Å²) >= 11 is 0. The maximum absolute atomic E-state index is 11.5. The largest absolute Gasteiger partial charge is 0.432 e. The molecule has 3 unspecified atom stereocenters. The molecule has 2 rings (SSSR count). The lowest BCUT2D eigenvalue weighted by Gasteiger charge is -2.33. The van der Waals surface area contributed by atoms with Gasteiger partial charge < -0.3 is 24.4 Å². The molecule has 2 aliphatic heterocycles. The van der Waals surface area contributed by atoms with Gasteiger partial charge in [-0.15, -0.1) is 0 Å². The Labute approximate surface area is 101 Å². The van der Waals surface area contributed by atoms with Crippen molar-refractivity contribution in [3.63, 3.8) is 0 Å². The van der Waals surface area contributed by atoms with Crippen molar-refractivity contribution < 1.29 is 38.8 Å². The molecule has 1 amide bonds. The van der Waals surface area contributed by atoms with E-state index in [0.29, 0.717) is 0 Å². The van der Waals surface area contributed by atoms with Crippen molar-refractivity contribution in [2.45, 2.75) is 18.5 Å². The molecule has 0 aliphatic carbocycles. The van der Waals surface area contributed by atoms with E-state index < -0.39 is 36.5 Å². The first-order valence-corrected chi connectivity index (χ1v) is 5.18. The van der Waals surface area contributed by atoms with Gasteiger partial charge in [0.25, 0.3) is 0 Å². The van der Waals surface area contributed by atoms with E-state index >= 15 is 0 Å². The maximum Gasteiger partial charge on any atom is 0.417 e. The van der Waals surface area contributed by atoms with Crippen molar-refractivity contribution in [2.75, 3.05) is 19.7 Å². The van der Waals surface area contributed by atoms with Crippen LogP contribution in [0.1, 0.15) is 0 Å². The molecule has 0 saturated carbocycles. The fraction of sp³-hybridized carbons (Fsp3) is 0.667. The molecule has 0 aromatic carbocycles. The van der Waals surface area contributed by atoms with E-state index in [-0.39, 0.29) is 19.7 Å². The smallest absolute Gasteiger partial charge is 0.417 e. The molecule has 2 saturated heterocycles. The van der Waals surface area contributed by atoms with Gasteiger partial charge in [-0.1, -0.05) is 0 Å². The lowest BCUT2D eigenvalue weighted by molar-refractivity contribution is -0.209. The van der Waals surface area contributed by atoms with Crippen molar-refractivity contribution >= 4 is 18.0 Å². The Morgan fingerprint density at radius 3 is 2.50 bits per heavy atom. The van der Waals surface area contributed by atoms with Gasteiger partial charge in [-0.25, -0.2) is 14.4 Å². The number of nitrogens with zero attached hydrogens (tertiary/aromatic N) is 1. The summed E-state index contributed by atoms with van der Waals surface area (Å²) in [4.78, 5) is 35.2. The number of fused-ring (bicyclic) bond motifs is 2. The molecule has 9 heteroatoms. The SMILES string of the molecule is O=C1OC(=O)N2CCOC(C2)OC(=O)C(O)C1O. The summed E-state index contributed by atoms with van der Waals surface area (Å²) in [6.45, 7) is 0.152. The molecule has 2 bridgehead atoms. The number of amides is 1. The van der Waals surface area contributed by atoms with Crippen molar-refractivity contribution in [2.24, 2.45) is 0 Å². The number of ether oxygens (including phenoxy) is 3. The lowest BCUT2D eigenvalue weighted by Crippen LogP contribution is -2.53. The topological polar surface area (TPSA) is 123 Å². The van der Waals surface area contributed by atoms with E-state index in [0.717, 1.165) is 4.90 Å². The minimum absolute atomic E-state index is 0.0971. The van der Waals surface area contributed by atoms with Crippen molar-refractivity contribution in [3.8, 4) is 0 Å². The van der Waals surface area contributed by atoms with Crippen LogP contribution >= 0.6 is 0 Å². The van der Waals surface area contributed by atoms with Crippen LogP contribution in [0.25, 0.3) is 0 Å². The normalized spacial score (nSPS) is 33.8. The third-order valence-electron chi connectivity index (χ3n) is 2.51. The molecule has 100 valence electrons. The number of esters is 2. The van der Waals surface area contributed by atoms with Crippen LogP contribution in [0.15, 0.2) is 0 Å². The average Bonchev–Trinajstić information content (AvgIpc) is 2.36. The van der Waals surface area contributed by atoms with Gasteiger partial charge in [-0.05, 0) is 0 Å². The van der Waals surface area contributed by atoms with Crippen LogP contribution in [0.4, 0.5) is 4.79 Å². The molecular formula is C9H11NO8. The van der Waals surface area contributed by atoms with Crippen molar-refractivity contribution in [1.29, 1.82) is 0 Å². The summed E-state index contributed by atoms with van der Waals surface area (Å²) in [7, 11) is 0. The quantitative estimate of drug-likeness (QED) is 0.365. The predicted molar refractivity (Wildman–Crippen MR) is 50.9 cm³/mol. The van der Waals surface area contributed by atoms with Gasteiger partial charge in [0.05, 0.1) is 13.2 Å². The number of rotatable bonds is 0. The zero-order valence-corrected chi connectivity index (χ0v) is 9.14. The van der Waals surface area contributed by atoms with E-state index in [1.165, 1.54) is 0 Å². The molecule has 18 heavy (non-hydrogen) atoms. The van der Waals surface area contributed by atoms with Crippen LogP contribution in [0.5, 0.6) is 0 Å². The maximum atomic E-state index is 11.5. The van der Waals surface area contributed by atoms with Crippen LogP contribution in [-0.2, 0) is 23.8 Å². The highest BCUT2D eigenvalue weighted by Crippen LogP contribution is 2.13. The monoisotopic (exact) mass is 261 g/mol. The molecule has 0 aromatic heterocycles. The molecule has 2 heterocycles. The Bertz CT molecular complexity index is 383. The highest BCUT2D eigenvalue weighted by molar-refractivity contribution is 5.91. The van der Waals surface area contributed by atoms with Gasteiger partial charge >= 0.3 is 18.0 Å². The molecule has 3 atom stereocenters. The first-order valence-electron chi connectivity index (χ1n) is 5.18. The van der Waals surface area contributed by atoms with E-state index in [2.05, 4.69) is 4.74 Å². The van der Waals surface area contributed by atoms with Gasteiger partial charge in [-0.3, -0.25) is 4.90 Å². The number of aliphatic hydroxyl groups excluding tert-OH is 2. The summed E-state index contributed by atoms with van der Waals surface area (Å²) < 4.78 is 14.1. The molecule has 2 fully saturated rings. The number of aliphatic hydroxyl groups is 2. The Balaban J connectivity index is 2.20. The summed E-state index contributed by atoms with van der Waals surface area (Å²) in [6, 6.07) is 0. The first kappa shape index (κ1) is 12.7. The summed E-state index contributed by atoms with van der Waals surface area (Å²) in [6.07, 6.45) is -6.35. The molecule has 9 nitrogen and oxygen atoms in total. The molecule has 0 aromatic rings. The van der Waals surface area contributed by atoms with Crippen molar-refractivity contribution in [1.82, 2.24) is 4.90 Å². The van der Waals surface area contributed by atoms with E-state index in [1.54, 1.807) is 0 Å². The Hall–Kier alpha value is -1.71. The van der Waals surface area contributed by atoms with Gasteiger partial charge in [0.2, 0.25) is 6.29 Å². The Morgan fingerprint density at radius 2 is 1.78 bits per heavy atom. The van der Waals surface area contributed by atoms with Crippen LogP contribution in [0, 0.1) is 0 Å². The second kappa shape index (κ2) is 4.88. The first-order chi connectivity index (χ1) is 8.49. The molecule has 0 spiro atoms. The summed E-state index contributed by atoms with van der Waals surface area (Å²) in [5, 5.41) is 18.6. The lowest BCUT2D eigenvalue weighted by atomic mass is 10.2. The second-order valence-electron chi connectivity index (χ2n) is 3.76. The molecule has 0 radical (unpaired) electrons. The highest BCUT2D eigenvalue weighted by Gasteiger charge is 2.39. The summed E-state index contributed by atoms with van der Waals surface area (Å²) in [5.41, 5.74) is 0. The van der Waals surface area contributed by atoms with E-state index in [4.69, 9.17) is 9.47 Å². The Kier molecular flexibility index (Phi) is 3.45. The fourth-order valence-corrected chi connectivity index (χ4v) is 1.52. The number of carbonyl (C=O) groups excluding carboxylic acids is 3. The van der Waals surface area contributed by atoms with Crippen molar-refractivity contribution in [3.05, 3.63) is 0 Å². The number of hydrogen-bond donors (Lipinski definition) is 2. The molecule has 2 aliphatic rings. The predicted octanol–water partition coefficient (Wildman–Crippen LogP) is -2.41. The van der Waals surface area contributed by atoms with Crippen LogP contribution in [0.2, 0.25) is 0 Å². The standard InChI is InChI=1S/C9H11NO8/c11-5-6(12)8(14)18-9(15)10-1-2-16-4(3-10)17-7(5)13/h4-6,11-12H,1-3H2. The number of cyclic esters (lactones) is 2. The van der Waals surface area contributed by atoms with Gasteiger partial charge in [0.15, 0.2) is 12.2 Å². The van der Waals surface area contributed by atoms with Gasteiger partial charge in [0.1, 0.15) is 0 Å². The van der Waals surface area contributed by atoms with E-state index in [9.17, 15) is 24.6 Å². The highest BCUT2D eigenvalue weighted by atomic mass is 16.7. The van der Waals surface area contributed by atoms with Gasteiger partial charge in [0, 0.05) is 6.54 Å². The molecule has 2 N–H and O–H groups in total. The minimum atomic E-state index is -2.18. The zero-order chi connectivity index (χ0) is 13.3. The zero-order valence-electron chi connectivity index (χ0n) is 9.14. The Morgan fingerprint density at radius 1 is 1.11 bits per heavy atom. The molecular weight excluding hydrogens is 250 g/mol.